The number of fused-ring (bicyclic) bond motifs is 1. The lowest BCUT2D eigenvalue weighted by Gasteiger charge is -2.15. The molecule has 118 valence electrons. The molecule has 3 aromatic rings. The lowest BCUT2D eigenvalue weighted by Crippen LogP contribution is -2.13. The Kier molecular flexibility index (Phi) is 4.07. The van der Waals surface area contributed by atoms with Gasteiger partial charge in [-0.15, -0.1) is 0 Å². The number of primary sulfonamides is 1. The van der Waals surface area contributed by atoms with Gasteiger partial charge >= 0.3 is 0 Å². The summed E-state index contributed by atoms with van der Waals surface area (Å²) in [5.41, 5.74) is 1.86. The Balaban J connectivity index is 2.29. The van der Waals surface area contributed by atoms with Crippen LogP contribution in [0.1, 0.15) is 11.1 Å². The first-order valence-electron chi connectivity index (χ1n) is 7.16. The molecule has 0 amide bonds. The molecule has 0 fully saturated rings. The van der Waals surface area contributed by atoms with Crippen molar-refractivity contribution in [1.29, 1.82) is 0 Å². The van der Waals surface area contributed by atoms with Crippen molar-refractivity contribution < 1.29 is 13.2 Å². The number of methoxy groups -OCH3 is 1. The molecule has 0 heterocycles. The number of benzene rings is 3. The van der Waals surface area contributed by atoms with E-state index in [0.29, 0.717) is 17.6 Å². The molecule has 0 spiro atoms. The average Bonchev–Trinajstić information content (AvgIpc) is 2.54. The highest BCUT2D eigenvalue weighted by molar-refractivity contribution is 7.89. The number of hydrogen-bond donors (Lipinski definition) is 1. The molecule has 0 bridgehead atoms. The summed E-state index contributed by atoms with van der Waals surface area (Å²) in [7, 11) is -2.23. The number of ether oxygens (including phenoxy) is 1. The number of hydrogen-bond acceptors (Lipinski definition) is 3. The van der Waals surface area contributed by atoms with Crippen molar-refractivity contribution in [3.8, 4) is 5.75 Å². The van der Waals surface area contributed by atoms with Gasteiger partial charge in [0.15, 0.2) is 0 Å². The second-order valence-electron chi connectivity index (χ2n) is 5.32. The van der Waals surface area contributed by atoms with Crippen LogP contribution >= 0.6 is 0 Å². The van der Waals surface area contributed by atoms with Gasteiger partial charge in [0.25, 0.3) is 0 Å². The Morgan fingerprint density at radius 1 is 0.957 bits per heavy atom. The molecular formula is C18H17NO3S. The van der Waals surface area contributed by atoms with Crippen molar-refractivity contribution >= 4 is 20.8 Å². The van der Waals surface area contributed by atoms with E-state index in [1.165, 1.54) is 0 Å². The summed E-state index contributed by atoms with van der Waals surface area (Å²) in [6, 6.07) is 18.7. The zero-order chi connectivity index (χ0) is 16.4. The maximum atomic E-state index is 12.0. The van der Waals surface area contributed by atoms with Crippen LogP contribution in [0.2, 0.25) is 0 Å². The van der Waals surface area contributed by atoms with Crippen molar-refractivity contribution in [2.45, 2.75) is 11.3 Å². The van der Waals surface area contributed by atoms with Gasteiger partial charge in [-0.25, -0.2) is 13.6 Å². The molecule has 5 heteroatoms. The first-order valence-corrected chi connectivity index (χ1v) is 8.70. The molecule has 0 aromatic heterocycles. The van der Waals surface area contributed by atoms with Gasteiger partial charge in [-0.05, 0) is 11.6 Å². The first-order chi connectivity index (χ1) is 11.0. The molecular weight excluding hydrogens is 310 g/mol. The average molecular weight is 327 g/mol. The summed E-state index contributed by atoms with van der Waals surface area (Å²) >= 11 is 0. The van der Waals surface area contributed by atoms with Crippen LogP contribution in [0.5, 0.6) is 5.75 Å². The topological polar surface area (TPSA) is 69.4 Å². The first kappa shape index (κ1) is 15.5. The summed E-state index contributed by atoms with van der Waals surface area (Å²) in [6.07, 6.45) is 0.567. The molecule has 3 rings (SSSR count). The Labute approximate surface area is 135 Å². The molecule has 0 atom stereocenters. The Hall–Kier alpha value is -2.37. The van der Waals surface area contributed by atoms with Crippen molar-refractivity contribution in [3.05, 3.63) is 71.8 Å². The maximum Gasteiger partial charge on any atom is 0.238 e. The molecule has 0 aliphatic rings. The standard InChI is InChI=1S/C18H17NO3S/c1-22-18-14(11-13-7-3-2-4-8-13)12-17(23(19,20)21)15-9-5-6-10-16(15)18/h2-10,12H,11H2,1H3,(H2,19,20,21). The fourth-order valence-electron chi connectivity index (χ4n) is 2.79. The monoisotopic (exact) mass is 327 g/mol. The van der Waals surface area contributed by atoms with E-state index in [0.717, 1.165) is 16.5 Å². The van der Waals surface area contributed by atoms with Gasteiger partial charge in [-0.3, -0.25) is 0 Å². The van der Waals surface area contributed by atoms with Gasteiger partial charge in [0.2, 0.25) is 10.0 Å². The van der Waals surface area contributed by atoms with Gasteiger partial charge in [0, 0.05) is 22.8 Å². The van der Waals surface area contributed by atoms with Crippen molar-refractivity contribution in [3.63, 3.8) is 0 Å². The van der Waals surface area contributed by atoms with E-state index in [1.807, 2.05) is 42.5 Å². The third-order valence-corrected chi connectivity index (χ3v) is 4.73. The van der Waals surface area contributed by atoms with Crippen molar-refractivity contribution in [1.82, 2.24) is 0 Å². The predicted octanol–water partition coefficient (Wildman–Crippen LogP) is 3.09. The molecule has 0 saturated heterocycles. The van der Waals surface area contributed by atoms with E-state index < -0.39 is 10.0 Å². The minimum absolute atomic E-state index is 0.125. The van der Waals surface area contributed by atoms with E-state index in [9.17, 15) is 8.42 Å². The van der Waals surface area contributed by atoms with E-state index in [4.69, 9.17) is 9.88 Å². The lowest BCUT2D eigenvalue weighted by atomic mass is 9.99. The molecule has 0 aliphatic carbocycles. The number of sulfonamides is 1. The maximum absolute atomic E-state index is 12.0. The summed E-state index contributed by atoms with van der Waals surface area (Å²) in [5.74, 6) is 0.678. The fourth-order valence-corrected chi connectivity index (χ4v) is 3.59. The summed E-state index contributed by atoms with van der Waals surface area (Å²) in [5, 5.41) is 6.72. The Bertz CT molecular complexity index is 951. The van der Waals surface area contributed by atoms with Crippen LogP contribution < -0.4 is 9.88 Å². The van der Waals surface area contributed by atoms with Crippen LogP contribution in [-0.4, -0.2) is 15.5 Å². The van der Waals surface area contributed by atoms with Gasteiger partial charge in [0.05, 0.1) is 12.0 Å². The SMILES string of the molecule is COc1c(Cc2ccccc2)cc(S(N)(=O)=O)c2ccccc12. The zero-order valence-electron chi connectivity index (χ0n) is 12.7. The summed E-state index contributed by atoms with van der Waals surface area (Å²) in [4.78, 5) is 0.125. The van der Waals surface area contributed by atoms with E-state index in [2.05, 4.69) is 0 Å². The Morgan fingerprint density at radius 3 is 2.17 bits per heavy atom. The van der Waals surface area contributed by atoms with E-state index in [-0.39, 0.29) is 4.90 Å². The van der Waals surface area contributed by atoms with Crippen LogP contribution in [0.4, 0.5) is 0 Å². The van der Waals surface area contributed by atoms with Gasteiger partial charge in [0.1, 0.15) is 5.75 Å². The van der Waals surface area contributed by atoms with Gasteiger partial charge in [-0.2, -0.15) is 0 Å². The van der Waals surface area contributed by atoms with Crippen LogP contribution in [-0.2, 0) is 16.4 Å². The number of rotatable bonds is 4. The van der Waals surface area contributed by atoms with Crippen LogP contribution in [0, 0.1) is 0 Å². The highest BCUT2D eigenvalue weighted by Gasteiger charge is 2.19. The van der Waals surface area contributed by atoms with Crippen LogP contribution in [0.3, 0.4) is 0 Å². The smallest absolute Gasteiger partial charge is 0.238 e. The summed E-state index contributed by atoms with van der Waals surface area (Å²) in [6.45, 7) is 0. The molecule has 4 nitrogen and oxygen atoms in total. The second-order valence-corrected chi connectivity index (χ2v) is 6.85. The lowest BCUT2D eigenvalue weighted by molar-refractivity contribution is 0.415. The zero-order valence-corrected chi connectivity index (χ0v) is 13.5. The molecule has 0 aliphatic heterocycles. The van der Waals surface area contributed by atoms with E-state index >= 15 is 0 Å². The quantitative estimate of drug-likeness (QED) is 0.800. The molecule has 23 heavy (non-hydrogen) atoms. The van der Waals surface area contributed by atoms with E-state index in [1.54, 1.807) is 25.3 Å². The van der Waals surface area contributed by atoms with Crippen molar-refractivity contribution in [2.75, 3.05) is 7.11 Å². The molecule has 0 radical (unpaired) electrons. The third-order valence-electron chi connectivity index (χ3n) is 3.78. The fraction of sp³-hybridized carbons (Fsp3) is 0.111. The highest BCUT2D eigenvalue weighted by atomic mass is 32.2. The Morgan fingerprint density at radius 2 is 1.57 bits per heavy atom. The normalized spacial score (nSPS) is 11.6. The minimum atomic E-state index is -3.82. The summed E-state index contributed by atoms with van der Waals surface area (Å²) < 4.78 is 29.5. The molecule has 0 unspecified atom stereocenters. The molecule has 0 saturated carbocycles. The minimum Gasteiger partial charge on any atom is -0.496 e. The number of nitrogens with two attached hydrogens (primary N) is 1. The largest absolute Gasteiger partial charge is 0.496 e. The highest BCUT2D eigenvalue weighted by Crippen LogP contribution is 2.35. The van der Waals surface area contributed by atoms with Gasteiger partial charge in [-0.1, -0.05) is 54.6 Å². The molecule has 2 N–H and O–H groups in total. The third kappa shape index (κ3) is 3.06. The predicted molar refractivity (Wildman–Crippen MR) is 91.1 cm³/mol. The van der Waals surface area contributed by atoms with Crippen molar-refractivity contribution in [2.24, 2.45) is 5.14 Å². The van der Waals surface area contributed by atoms with Crippen LogP contribution in [0.25, 0.3) is 10.8 Å². The van der Waals surface area contributed by atoms with Crippen LogP contribution in [0.15, 0.2) is 65.6 Å². The van der Waals surface area contributed by atoms with Gasteiger partial charge < -0.3 is 4.74 Å². The molecule has 3 aromatic carbocycles. The second kappa shape index (κ2) is 6.02.